The molecule has 0 amide bonds. The Bertz CT molecular complexity index is 539. The third-order valence-corrected chi connectivity index (χ3v) is 4.25. The van der Waals surface area contributed by atoms with Gasteiger partial charge in [-0.3, -0.25) is 0 Å². The first kappa shape index (κ1) is 11.3. The molecule has 0 bridgehead atoms. The molecule has 1 aliphatic heterocycles. The van der Waals surface area contributed by atoms with Gasteiger partial charge in [0.25, 0.3) is 0 Å². The number of para-hydroxylation sites is 2. The number of hydrogen-bond acceptors (Lipinski definition) is 3. The first-order valence-electron chi connectivity index (χ1n) is 7.35. The number of aromatic amines is 1. The van der Waals surface area contributed by atoms with Crippen molar-refractivity contribution in [3.8, 4) is 0 Å². The Morgan fingerprint density at radius 2 is 2.16 bits per heavy atom. The molecule has 0 spiro atoms. The molecule has 1 atom stereocenters. The predicted molar refractivity (Wildman–Crippen MR) is 77.5 cm³/mol. The number of imidazole rings is 1. The number of fused-ring (bicyclic) bond motifs is 1. The monoisotopic (exact) mass is 256 g/mol. The summed E-state index contributed by atoms with van der Waals surface area (Å²) in [6.07, 6.45) is 5.26. The van der Waals surface area contributed by atoms with Gasteiger partial charge in [0.2, 0.25) is 5.95 Å². The highest BCUT2D eigenvalue weighted by molar-refractivity contribution is 5.77. The minimum atomic E-state index is 0.598. The lowest BCUT2D eigenvalue weighted by Gasteiger charge is -2.24. The first-order valence-corrected chi connectivity index (χ1v) is 7.35. The molecule has 2 N–H and O–H groups in total. The summed E-state index contributed by atoms with van der Waals surface area (Å²) < 4.78 is 0. The van der Waals surface area contributed by atoms with E-state index in [1.54, 1.807) is 0 Å². The van der Waals surface area contributed by atoms with Gasteiger partial charge in [0.15, 0.2) is 0 Å². The van der Waals surface area contributed by atoms with E-state index in [0.717, 1.165) is 36.1 Å². The zero-order valence-corrected chi connectivity index (χ0v) is 11.1. The van der Waals surface area contributed by atoms with Crippen molar-refractivity contribution < 1.29 is 0 Å². The second kappa shape index (κ2) is 4.53. The van der Waals surface area contributed by atoms with Crippen molar-refractivity contribution in [3.05, 3.63) is 24.3 Å². The average Bonchev–Trinajstić information content (AvgIpc) is 3.00. The molecule has 4 nitrogen and oxygen atoms in total. The number of anilines is 1. The Morgan fingerprint density at radius 3 is 3.00 bits per heavy atom. The Hall–Kier alpha value is -1.55. The molecule has 2 heterocycles. The lowest BCUT2D eigenvalue weighted by molar-refractivity contribution is 0.567. The highest BCUT2D eigenvalue weighted by Gasteiger charge is 2.29. The van der Waals surface area contributed by atoms with Crippen LogP contribution in [-0.4, -0.2) is 35.1 Å². The smallest absolute Gasteiger partial charge is 0.204 e. The maximum atomic E-state index is 4.73. The van der Waals surface area contributed by atoms with E-state index in [0.29, 0.717) is 6.04 Å². The molecule has 19 heavy (non-hydrogen) atoms. The molecular weight excluding hydrogens is 236 g/mol. The van der Waals surface area contributed by atoms with Gasteiger partial charge in [-0.25, -0.2) is 4.98 Å². The van der Waals surface area contributed by atoms with Crippen molar-refractivity contribution in [1.29, 1.82) is 0 Å². The van der Waals surface area contributed by atoms with Gasteiger partial charge in [-0.15, -0.1) is 0 Å². The van der Waals surface area contributed by atoms with Crippen LogP contribution in [0, 0.1) is 0 Å². The van der Waals surface area contributed by atoms with E-state index in [4.69, 9.17) is 4.98 Å². The summed E-state index contributed by atoms with van der Waals surface area (Å²) in [6, 6.07) is 9.66. The Kier molecular flexibility index (Phi) is 2.69. The molecule has 4 heteroatoms. The van der Waals surface area contributed by atoms with E-state index in [1.807, 2.05) is 6.07 Å². The summed E-state index contributed by atoms with van der Waals surface area (Å²) in [5.41, 5.74) is 2.21. The van der Waals surface area contributed by atoms with Crippen molar-refractivity contribution in [2.75, 3.05) is 18.0 Å². The number of rotatable bonds is 4. The second-order valence-corrected chi connectivity index (χ2v) is 5.75. The number of hydrogen-bond donors (Lipinski definition) is 2. The molecule has 0 radical (unpaired) electrons. The van der Waals surface area contributed by atoms with Crippen LogP contribution in [0.2, 0.25) is 0 Å². The summed E-state index contributed by atoms with van der Waals surface area (Å²) in [6.45, 7) is 2.22. The van der Waals surface area contributed by atoms with Gasteiger partial charge >= 0.3 is 0 Å². The molecule has 1 unspecified atom stereocenters. The minimum absolute atomic E-state index is 0.598. The van der Waals surface area contributed by atoms with Crippen LogP contribution in [0.3, 0.4) is 0 Å². The number of aromatic nitrogens is 2. The molecule has 100 valence electrons. The van der Waals surface area contributed by atoms with Crippen molar-refractivity contribution >= 4 is 17.0 Å². The largest absolute Gasteiger partial charge is 0.338 e. The molecule has 4 rings (SSSR count). The minimum Gasteiger partial charge on any atom is -0.338 e. The topological polar surface area (TPSA) is 44.0 Å². The van der Waals surface area contributed by atoms with Gasteiger partial charge in [0, 0.05) is 25.2 Å². The van der Waals surface area contributed by atoms with E-state index in [-0.39, 0.29) is 0 Å². The lowest BCUT2D eigenvalue weighted by atomic mass is 10.2. The van der Waals surface area contributed by atoms with Gasteiger partial charge in [-0.05, 0) is 37.8 Å². The van der Waals surface area contributed by atoms with Crippen LogP contribution in [0.1, 0.15) is 25.7 Å². The summed E-state index contributed by atoms with van der Waals surface area (Å²) in [5.74, 6) is 1.04. The Balaban J connectivity index is 1.55. The quantitative estimate of drug-likeness (QED) is 0.882. The maximum Gasteiger partial charge on any atom is 0.204 e. The summed E-state index contributed by atoms with van der Waals surface area (Å²) in [4.78, 5) is 10.6. The second-order valence-electron chi connectivity index (χ2n) is 5.75. The molecule has 2 aliphatic rings. The fraction of sp³-hybridized carbons (Fsp3) is 0.533. The molecule has 1 aliphatic carbocycles. The maximum absolute atomic E-state index is 4.73. The summed E-state index contributed by atoms with van der Waals surface area (Å²) in [5, 5.41) is 3.65. The summed E-state index contributed by atoms with van der Waals surface area (Å²) in [7, 11) is 0. The molecule has 2 aromatic rings. The van der Waals surface area contributed by atoms with Crippen molar-refractivity contribution in [1.82, 2.24) is 15.3 Å². The van der Waals surface area contributed by atoms with E-state index >= 15 is 0 Å². The van der Waals surface area contributed by atoms with Crippen molar-refractivity contribution in [3.63, 3.8) is 0 Å². The number of benzene rings is 1. The van der Waals surface area contributed by atoms with Gasteiger partial charge in [-0.1, -0.05) is 12.1 Å². The molecule has 1 saturated heterocycles. The van der Waals surface area contributed by atoms with Crippen LogP contribution in [0.5, 0.6) is 0 Å². The lowest BCUT2D eigenvalue weighted by Crippen LogP contribution is -2.39. The first-order chi connectivity index (χ1) is 9.40. The fourth-order valence-electron chi connectivity index (χ4n) is 2.99. The zero-order chi connectivity index (χ0) is 12.7. The van der Waals surface area contributed by atoms with Crippen LogP contribution in [0.15, 0.2) is 24.3 Å². The molecule has 1 aromatic carbocycles. The zero-order valence-electron chi connectivity index (χ0n) is 11.1. The number of H-pyrrole nitrogens is 1. The predicted octanol–water partition coefficient (Wildman–Crippen LogP) is 2.28. The van der Waals surface area contributed by atoms with Crippen LogP contribution >= 0.6 is 0 Å². The van der Waals surface area contributed by atoms with Crippen LogP contribution in [0.25, 0.3) is 11.0 Å². The average molecular weight is 256 g/mol. The van der Waals surface area contributed by atoms with E-state index in [9.17, 15) is 0 Å². The Morgan fingerprint density at radius 1 is 1.26 bits per heavy atom. The van der Waals surface area contributed by atoms with E-state index in [1.165, 1.54) is 25.7 Å². The molecule has 2 fully saturated rings. The highest BCUT2D eigenvalue weighted by Crippen LogP contribution is 2.26. The Labute approximate surface area is 113 Å². The fourth-order valence-corrected chi connectivity index (χ4v) is 2.99. The third-order valence-electron chi connectivity index (χ3n) is 4.25. The number of nitrogens with zero attached hydrogens (tertiary/aromatic N) is 2. The molecular formula is C15H20N4. The van der Waals surface area contributed by atoms with Gasteiger partial charge < -0.3 is 15.2 Å². The number of nitrogens with one attached hydrogen (secondary N) is 2. The van der Waals surface area contributed by atoms with E-state index < -0.39 is 0 Å². The van der Waals surface area contributed by atoms with Crippen LogP contribution in [-0.2, 0) is 0 Å². The third kappa shape index (κ3) is 2.21. The standard InChI is InChI=1S/C15H20N4/c1-2-6-14-13(5-1)17-15(18-14)19-9-3-4-12(19)10-16-11-7-8-11/h1-2,5-6,11-12,16H,3-4,7-10H2,(H,17,18). The molecule has 1 saturated carbocycles. The van der Waals surface area contributed by atoms with E-state index in [2.05, 4.69) is 33.4 Å². The van der Waals surface area contributed by atoms with Gasteiger partial charge in [0.05, 0.1) is 11.0 Å². The van der Waals surface area contributed by atoms with Crippen LogP contribution < -0.4 is 10.2 Å². The summed E-state index contributed by atoms with van der Waals surface area (Å²) >= 11 is 0. The normalized spacial score (nSPS) is 23.4. The van der Waals surface area contributed by atoms with Crippen LogP contribution in [0.4, 0.5) is 5.95 Å². The van der Waals surface area contributed by atoms with Crippen molar-refractivity contribution in [2.45, 2.75) is 37.8 Å². The molecule has 1 aromatic heterocycles. The highest BCUT2D eigenvalue weighted by atomic mass is 15.3. The van der Waals surface area contributed by atoms with Gasteiger partial charge in [0.1, 0.15) is 0 Å². The van der Waals surface area contributed by atoms with Crippen molar-refractivity contribution in [2.24, 2.45) is 0 Å². The SMILES string of the molecule is c1ccc2[nH]c(N3CCCC3CNC3CC3)nc2c1. The van der Waals surface area contributed by atoms with Gasteiger partial charge in [-0.2, -0.15) is 0 Å².